The maximum absolute atomic E-state index is 15.0. The zero-order valence-electron chi connectivity index (χ0n) is 21.1. The van der Waals surface area contributed by atoms with Crippen LogP contribution < -0.4 is 20.7 Å². The van der Waals surface area contributed by atoms with Crippen LogP contribution in [0.15, 0.2) is 53.7 Å². The van der Waals surface area contributed by atoms with Crippen molar-refractivity contribution in [3.63, 3.8) is 0 Å². The Balaban J connectivity index is 1.43. The van der Waals surface area contributed by atoms with E-state index in [-0.39, 0.29) is 28.5 Å². The molecule has 2 heterocycles. The molecule has 4 aromatic rings. The van der Waals surface area contributed by atoms with Gasteiger partial charge in [-0.2, -0.15) is 4.39 Å². The smallest absolute Gasteiger partial charge is 0.328 e. The number of thiazole rings is 1. The number of H-pyrrole nitrogens is 2. The van der Waals surface area contributed by atoms with Crippen molar-refractivity contribution in [1.29, 1.82) is 0 Å². The van der Waals surface area contributed by atoms with Gasteiger partial charge in [-0.3, -0.25) is 14.6 Å². The van der Waals surface area contributed by atoms with Crippen molar-refractivity contribution in [2.45, 2.75) is 31.3 Å². The lowest BCUT2D eigenvalue weighted by molar-refractivity contribution is -0.145. The summed E-state index contributed by atoms with van der Waals surface area (Å²) in [6, 6.07) is 6.46. The number of aromatic amines is 2. The summed E-state index contributed by atoms with van der Waals surface area (Å²) >= 11 is 0.887. The summed E-state index contributed by atoms with van der Waals surface area (Å²) in [6.45, 7) is 0. The Bertz CT molecular complexity index is 1540. The largest absolute Gasteiger partial charge is 0.494 e. The number of methoxy groups -OCH3 is 1. The first-order valence-corrected chi connectivity index (χ1v) is 12.7. The average Bonchev–Trinajstić information content (AvgIpc) is 3.56. The Kier molecular flexibility index (Phi) is 8.91. The second-order valence-corrected chi connectivity index (χ2v) is 9.80. The van der Waals surface area contributed by atoms with Crippen molar-refractivity contribution in [2.24, 2.45) is 5.73 Å². The average molecular weight is 574 g/mol. The number of hydrogen-bond acceptors (Lipinski definition) is 9. The summed E-state index contributed by atoms with van der Waals surface area (Å²) in [5.41, 5.74) is 7.07. The number of nitrogens with two attached hydrogens (primary N) is 1. The molecule has 11 nitrogen and oxygen atoms in total. The van der Waals surface area contributed by atoms with E-state index in [0.717, 1.165) is 24.0 Å². The second-order valence-electron chi connectivity index (χ2n) is 8.74. The maximum atomic E-state index is 15.0. The summed E-state index contributed by atoms with van der Waals surface area (Å²) in [6.07, 6.45) is 2.94. The molecule has 0 spiro atoms. The summed E-state index contributed by atoms with van der Waals surface area (Å²) < 4.78 is 40.1. The molecule has 14 heteroatoms. The summed E-state index contributed by atoms with van der Waals surface area (Å²) in [5.74, 6) is -4.45. The first kappa shape index (κ1) is 28.4. The molecule has 0 aliphatic rings. The van der Waals surface area contributed by atoms with E-state index in [4.69, 9.17) is 15.2 Å². The molecule has 0 aliphatic heterocycles. The summed E-state index contributed by atoms with van der Waals surface area (Å²) in [7, 11) is 1.11. The number of halogens is 2. The molecule has 4 rings (SSSR count). The van der Waals surface area contributed by atoms with E-state index in [1.54, 1.807) is 12.1 Å². The zero-order chi connectivity index (χ0) is 28.8. The Hall–Kier alpha value is -4.56. The fourth-order valence-electron chi connectivity index (χ4n) is 3.83. The van der Waals surface area contributed by atoms with Crippen molar-refractivity contribution >= 4 is 23.2 Å². The maximum Gasteiger partial charge on any atom is 0.328 e. The van der Waals surface area contributed by atoms with Crippen molar-refractivity contribution in [3.05, 3.63) is 91.9 Å². The molecular weight excluding hydrogens is 548 g/mol. The van der Waals surface area contributed by atoms with Crippen LogP contribution in [0.5, 0.6) is 17.4 Å². The predicted molar refractivity (Wildman–Crippen MR) is 140 cm³/mol. The molecule has 6 N–H and O–H groups in total. The van der Waals surface area contributed by atoms with Crippen LogP contribution in [-0.4, -0.2) is 51.1 Å². The number of nitrogens with zero attached hydrogens (tertiary/aromatic N) is 1. The standard InChI is InChI=1S/C26H25F2N5O6S/c1-38-25(36)18(32-23(34)17(29)10-15-11-30-12-31-15)9-14-4-7-19(22(28)21(14)27)39-16-5-2-13(3-6-16)8-20-24(35)33-26(37)40-20/h2-7,11-12,17-18,35H,8-10,29H2,1H3,(H,30,31)(H,32,34)(H,33,37). The summed E-state index contributed by atoms with van der Waals surface area (Å²) in [4.78, 5) is 45.2. The summed E-state index contributed by atoms with van der Waals surface area (Å²) in [5, 5.41) is 12.2. The molecular formula is C26H25F2N5O6S. The number of hydrogen-bond donors (Lipinski definition) is 5. The van der Waals surface area contributed by atoms with Crippen LogP contribution in [-0.2, 0) is 33.6 Å². The molecule has 0 bridgehead atoms. The van der Waals surface area contributed by atoms with E-state index in [1.165, 1.54) is 36.8 Å². The van der Waals surface area contributed by atoms with E-state index < -0.39 is 47.8 Å². The fourth-order valence-corrected chi connectivity index (χ4v) is 4.59. The van der Waals surface area contributed by atoms with Gasteiger partial charge in [0.2, 0.25) is 17.6 Å². The van der Waals surface area contributed by atoms with Gasteiger partial charge in [0.15, 0.2) is 11.6 Å². The number of rotatable bonds is 11. The van der Waals surface area contributed by atoms with E-state index in [1.807, 2.05) is 0 Å². The second kappa shape index (κ2) is 12.5. The van der Waals surface area contributed by atoms with Gasteiger partial charge in [0, 0.05) is 31.2 Å². The van der Waals surface area contributed by atoms with Crippen molar-refractivity contribution in [1.82, 2.24) is 20.3 Å². The minimum atomic E-state index is -1.32. The lowest BCUT2D eigenvalue weighted by Crippen LogP contribution is -2.50. The van der Waals surface area contributed by atoms with Gasteiger partial charge in [0.25, 0.3) is 0 Å². The SMILES string of the molecule is COC(=O)C(Cc1ccc(Oc2ccc(Cc3sc(=O)[nH]c3O)cc2)c(F)c1F)NC(=O)C(N)Cc1cnc[nH]1. The Morgan fingerprint density at radius 3 is 2.52 bits per heavy atom. The van der Waals surface area contributed by atoms with Gasteiger partial charge in [-0.1, -0.05) is 29.5 Å². The predicted octanol–water partition coefficient (Wildman–Crippen LogP) is 2.30. The first-order chi connectivity index (χ1) is 19.1. The number of carbonyl (C=O) groups is 2. The number of nitrogens with one attached hydrogen (secondary N) is 3. The normalized spacial score (nSPS) is 12.5. The van der Waals surface area contributed by atoms with Crippen LogP contribution in [0.3, 0.4) is 0 Å². The number of aromatic hydroxyl groups is 1. The van der Waals surface area contributed by atoms with Gasteiger partial charge >= 0.3 is 10.8 Å². The van der Waals surface area contributed by atoms with Crippen LogP contribution in [0.1, 0.15) is 21.7 Å². The van der Waals surface area contributed by atoms with Gasteiger partial charge in [-0.15, -0.1) is 0 Å². The van der Waals surface area contributed by atoms with Gasteiger partial charge in [0.05, 0.1) is 24.4 Å². The van der Waals surface area contributed by atoms with Crippen molar-refractivity contribution < 1.29 is 33.0 Å². The Labute approximate surface area is 230 Å². The molecule has 2 aromatic heterocycles. The van der Waals surface area contributed by atoms with Crippen LogP contribution in [0.2, 0.25) is 0 Å². The third-order valence-electron chi connectivity index (χ3n) is 5.90. The number of benzene rings is 2. The zero-order valence-corrected chi connectivity index (χ0v) is 21.9. The Morgan fingerprint density at radius 2 is 1.90 bits per heavy atom. The van der Waals surface area contributed by atoms with Gasteiger partial charge in [-0.05, 0) is 29.3 Å². The lowest BCUT2D eigenvalue weighted by atomic mass is 10.0. The van der Waals surface area contributed by atoms with E-state index >= 15 is 0 Å². The van der Waals surface area contributed by atoms with E-state index in [2.05, 4.69) is 20.3 Å². The van der Waals surface area contributed by atoms with Gasteiger partial charge in [-0.25, -0.2) is 14.2 Å². The van der Waals surface area contributed by atoms with Crippen LogP contribution in [0.25, 0.3) is 0 Å². The molecule has 0 saturated carbocycles. The van der Waals surface area contributed by atoms with Crippen molar-refractivity contribution in [2.75, 3.05) is 7.11 Å². The molecule has 210 valence electrons. The number of amides is 1. The molecule has 0 radical (unpaired) electrons. The third-order valence-corrected chi connectivity index (χ3v) is 6.77. The first-order valence-electron chi connectivity index (χ1n) is 11.9. The number of ether oxygens (including phenoxy) is 2. The molecule has 0 aliphatic carbocycles. The topological polar surface area (TPSA) is 172 Å². The highest BCUT2D eigenvalue weighted by molar-refractivity contribution is 7.09. The number of carbonyl (C=O) groups excluding carboxylic acids is 2. The highest BCUT2D eigenvalue weighted by atomic mass is 32.1. The van der Waals surface area contributed by atoms with Gasteiger partial charge < -0.3 is 30.6 Å². The molecule has 40 heavy (non-hydrogen) atoms. The van der Waals surface area contributed by atoms with Gasteiger partial charge in [0.1, 0.15) is 11.8 Å². The number of esters is 1. The monoisotopic (exact) mass is 573 g/mol. The molecule has 2 unspecified atom stereocenters. The number of aromatic nitrogens is 3. The van der Waals surface area contributed by atoms with Crippen LogP contribution in [0, 0.1) is 11.6 Å². The molecule has 2 atom stereocenters. The highest BCUT2D eigenvalue weighted by Gasteiger charge is 2.27. The quantitative estimate of drug-likeness (QED) is 0.170. The highest BCUT2D eigenvalue weighted by Crippen LogP contribution is 2.29. The third kappa shape index (κ3) is 6.90. The fraction of sp³-hybridized carbons (Fsp3) is 0.231. The lowest BCUT2D eigenvalue weighted by Gasteiger charge is -2.20. The Morgan fingerprint density at radius 1 is 1.15 bits per heavy atom. The van der Waals surface area contributed by atoms with Crippen LogP contribution in [0.4, 0.5) is 8.78 Å². The number of imidazole rings is 1. The molecule has 1 amide bonds. The van der Waals surface area contributed by atoms with E-state index in [0.29, 0.717) is 17.0 Å². The van der Waals surface area contributed by atoms with Crippen LogP contribution >= 0.6 is 11.3 Å². The minimum absolute atomic E-state index is 0.117. The van der Waals surface area contributed by atoms with Crippen molar-refractivity contribution in [3.8, 4) is 17.4 Å². The molecule has 0 fully saturated rings. The van der Waals surface area contributed by atoms with E-state index in [9.17, 15) is 28.3 Å². The molecule has 2 aromatic carbocycles. The minimum Gasteiger partial charge on any atom is -0.494 e. The molecule has 0 saturated heterocycles.